The molecule has 0 spiro atoms. The molecule has 8 heteroatoms. The van der Waals surface area contributed by atoms with Gasteiger partial charge in [0.05, 0.1) is 16.8 Å². The zero-order valence-electron chi connectivity index (χ0n) is 20.1. The van der Waals surface area contributed by atoms with E-state index < -0.39 is 0 Å². The zero-order chi connectivity index (χ0) is 24.6. The fourth-order valence-corrected chi connectivity index (χ4v) is 4.79. The maximum atomic E-state index is 13.5. The highest BCUT2D eigenvalue weighted by Crippen LogP contribution is 2.37. The molecule has 0 aliphatic heterocycles. The summed E-state index contributed by atoms with van der Waals surface area (Å²) >= 11 is 6.55. The Hall–Kier alpha value is -3.32. The number of rotatable bonds is 6. The van der Waals surface area contributed by atoms with Crippen LogP contribution in [0.5, 0.6) is 0 Å². The third-order valence-electron chi connectivity index (χ3n) is 6.17. The van der Waals surface area contributed by atoms with Gasteiger partial charge in [0.15, 0.2) is 0 Å². The third-order valence-corrected chi connectivity index (χ3v) is 6.49. The predicted molar refractivity (Wildman–Crippen MR) is 136 cm³/mol. The van der Waals surface area contributed by atoms with Gasteiger partial charge in [-0.1, -0.05) is 35.9 Å². The lowest BCUT2D eigenvalue weighted by atomic mass is 10.1. The van der Waals surface area contributed by atoms with Gasteiger partial charge in [0, 0.05) is 45.2 Å². The van der Waals surface area contributed by atoms with E-state index in [4.69, 9.17) is 16.3 Å². The predicted octanol–water partition coefficient (Wildman–Crippen LogP) is 4.60. The summed E-state index contributed by atoms with van der Waals surface area (Å²) in [4.78, 5) is 31.9. The van der Waals surface area contributed by atoms with Crippen LogP contribution in [0.15, 0.2) is 47.3 Å². The van der Waals surface area contributed by atoms with Gasteiger partial charge >= 0.3 is 5.97 Å². The van der Waals surface area contributed by atoms with E-state index in [1.165, 1.54) is 6.92 Å². The van der Waals surface area contributed by atoms with E-state index in [9.17, 15) is 9.59 Å². The molecule has 4 rings (SSSR count). The highest BCUT2D eigenvalue weighted by atomic mass is 35.5. The summed E-state index contributed by atoms with van der Waals surface area (Å²) in [6, 6.07) is 13.3. The molecule has 1 aliphatic rings. The average molecular weight is 481 g/mol. The molecule has 3 aromatic rings. The Morgan fingerprint density at radius 1 is 1.26 bits per heavy atom. The Balaban J connectivity index is 1.78. The van der Waals surface area contributed by atoms with Crippen molar-refractivity contribution < 1.29 is 9.53 Å². The highest BCUT2D eigenvalue weighted by molar-refractivity contribution is 6.33. The molecule has 178 valence electrons. The number of fused-ring (bicyclic) bond motifs is 1. The van der Waals surface area contributed by atoms with Gasteiger partial charge in [-0.15, -0.1) is 0 Å². The number of benzene rings is 2. The maximum absolute atomic E-state index is 13.5. The Morgan fingerprint density at radius 2 is 2.00 bits per heavy atom. The van der Waals surface area contributed by atoms with Crippen molar-refractivity contribution in [3.63, 3.8) is 0 Å². The molecule has 1 N–H and O–H groups in total. The van der Waals surface area contributed by atoms with Gasteiger partial charge in [-0.2, -0.15) is 0 Å². The number of nitrogens with zero attached hydrogens (tertiary/aromatic N) is 3. The summed E-state index contributed by atoms with van der Waals surface area (Å²) in [5.74, 6) is 0.273. The molecule has 0 amide bonds. The van der Waals surface area contributed by atoms with Gasteiger partial charge in [-0.3, -0.25) is 14.2 Å². The molecule has 0 bridgehead atoms. The molecule has 0 radical (unpaired) electrons. The Labute approximate surface area is 204 Å². The van der Waals surface area contributed by atoms with Crippen LogP contribution in [0, 0.1) is 6.92 Å². The van der Waals surface area contributed by atoms with Crippen molar-refractivity contribution >= 4 is 29.1 Å². The monoisotopic (exact) mass is 480 g/mol. The highest BCUT2D eigenvalue weighted by Gasteiger charge is 2.35. The van der Waals surface area contributed by atoms with Crippen LogP contribution in [-0.4, -0.2) is 35.7 Å². The summed E-state index contributed by atoms with van der Waals surface area (Å²) < 4.78 is 7.30. The summed E-state index contributed by atoms with van der Waals surface area (Å²) in [5.41, 5.74) is 4.44. The standard InChI is InChI=1S/C26H29ClN4O3/c1-6-31-25(29-23-19-10-8-7-9-17(19)13-22(23)34-16(3)32)15(2)28-24(26(31)33)20-12-11-18(30(4)5)14-21(20)27/h7-12,14,22-23,29H,6,13H2,1-5H3/t22-,23?/m0/s1. The van der Waals surface area contributed by atoms with Crippen LogP contribution in [-0.2, 0) is 22.5 Å². The van der Waals surface area contributed by atoms with Crippen LogP contribution in [0.25, 0.3) is 11.3 Å². The van der Waals surface area contributed by atoms with E-state index in [1.807, 2.05) is 75.3 Å². The Morgan fingerprint density at radius 3 is 2.65 bits per heavy atom. The van der Waals surface area contributed by atoms with Crippen molar-refractivity contribution in [3.8, 4) is 11.3 Å². The minimum Gasteiger partial charge on any atom is -0.460 e. The second-order valence-electron chi connectivity index (χ2n) is 8.68. The minimum atomic E-state index is -0.373. The summed E-state index contributed by atoms with van der Waals surface area (Å²) in [7, 11) is 3.87. The van der Waals surface area contributed by atoms with Crippen molar-refractivity contribution in [2.45, 2.75) is 45.9 Å². The molecule has 2 atom stereocenters. The second kappa shape index (κ2) is 9.50. The van der Waals surface area contributed by atoms with Crippen LogP contribution in [0.1, 0.15) is 36.7 Å². The van der Waals surface area contributed by atoms with Crippen molar-refractivity contribution in [2.24, 2.45) is 0 Å². The number of aromatic nitrogens is 2. The lowest BCUT2D eigenvalue weighted by Gasteiger charge is -2.25. The lowest BCUT2D eigenvalue weighted by Crippen LogP contribution is -2.32. The molecule has 7 nitrogen and oxygen atoms in total. The molecule has 0 fully saturated rings. The third kappa shape index (κ3) is 4.40. The SMILES string of the molecule is CCn1c(NC2c3ccccc3C[C@@H]2OC(C)=O)c(C)nc(-c2ccc(N(C)C)cc2Cl)c1=O. The van der Waals surface area contributed by atoms with E-state index in [2.05, 4.69) is 10.3 Å². The Bertz CT molecular complexity index is 1300. The maximum Gasteiger partial charge on any atom is 0.302 e. The molecule has 1 heterocycles. The minimum absolute atomic E-state index is 0.231. The van der Waals surface area contributed by atoms with E-state index >= 15 is 0 Å². The zero-order valence-corrected chi connectivity index (χ0v) is 20.8. The quantitative estimate of drug-likeness (QED) is 0.520. The topological polar surface area (TPSA) is 76.5 Å². The number of halogens is 1. The number of carbonyl (C=O) groups excluding carboxylic acids is 1. The van der Waals surface area contributed by atoms with E-state index in [0.29, 0.717) is 40.8 Å². The van der Waals surface area contributed by atoms with Crippen LogP contribution in [0.3, 0.4) is 0 Å². The number of esters is 1. The summed E-state index contributed by atoms with van der Waals surface area (Å²) in [5, 5.41) is 3.95. The largest absolute Gasteiger partial charge is 0.460 e. The first kappa shape index (κ1) is 23.8. The Kier molecular flexibility index (Phi) is 6.66. The van der Waals surface area contributed by atoms with Crippen molar-refractivity contribution in [1.82, 2.24) is 9.55 Å². The van der Waals surface area contributed by atoms with Gasteiger partial charge in [0.1, 0.15) is 17.6 Å². The molecule has 1 aliphatic carbocycles. The van der Waals surface area contributed by atoms with Gasteiger partial charge in [-0.05, 0) is 43.2 Å². The van der Waals surface area contributed by atoms with Crippen molar-refractivity contribution in [1.29, 1.82) is 0 Å². The van der Waals surface area contributed by atoms with Gasteiger partial charge in [0.25, 0.3) is 5.56 Å². The molecular formula is C26H29ClN4O3. The fourth-order valence-electron chi connectivity index (χ4n) is 4.53. The molecule has 2 aromatic carbocycles. The van der Waals surface area contributed by atoms with Gasteiger partial charge < -0.3 is 15.0 Å². The second-order valence-corrected chi connectivity index (χ2v) is 9.08. The van der Waals surface area contributed by atoms with Crippen LogP contribution in [0.4, 0.5) is 11.5 Å². The number of hydrogen-bond acceptors (Lipinski definition) is 6. The first-order chi connectivity index (χ1) is 16.2. The van der Waals surface area contributed by atoms with Crippen LogP contribution >= 0.6 is 11.6 Å². The average Bonchev–Trinajstić information content (AvgIpc) is 3.12. The number of ether oxygens (including phenoxy) is 1. The normalized spacial score (nSPS) is 16.8. The fraction of sp³-hybridized carbons (Fsp3) is 0.346. The number of carbonyl (C=O) groups is 1. The smallest absolute Gasteiger partial charge is 0.302 e. The first-order valence-electron chi connectivity index (χ1n) is 11.3. The molecule has 0 saturated heterocycles. The number of aryl methyl sites for hydroxylation is 1. The van der Waals surface area contributed by atoms with Crippen molar-refractivity contribution in [3.05, 3.63) is 74.7 Å². The molecule has 34 heavy (non-hydrogen) atoms. The molecule has 0 saturated carbocycles. The molecule has 1 aromatic heterocycles. The number of anilines is 2. The molecule has 1 unspecified atom stereocenters. The number of hydrogen-bond donors (Lipinski definition) is 1. The van der Waals surface area contributed by atoms with Crippen LogP contribution < -0.4 is 15.8 Å². The van der Waals surface area contributed by atoms with E-state index in [1.54, 1.807) is 4.57 Å². The van der Waals surface area contributed by atoms with E-state index in [0.717, 1.165) is 16.8 Å². The van der Waals surface area contributed by atoms with Gasteiger partial charge in [0.2, 0.25) is 0 Å². The van der Waals surface area contributed by atoms with Gasteiger partial charge in [-0.25, -0.2) is 4.98 Å². The first-order valence-corrected chi connectivity index (χ1v) is 11.7. The summed E-state index contributed by atoms with van der Waals surface area (Å²) in [6.45, 7) is 5.63. The van der Waals surface area contributed by atoms with Crippen LogP contribution in [0.2, 0.25) is 5.02 Å². The number of nitrogens with one attached hydrogen (secondary N) is 1. The lowest BCUT2D eigenvalue weighted by molar-refractivity contribution is -0.146. The molecular weight excluding hydrogens is 452 g/mol. The van der Waals surface area contributed by atoms with Crippen molar-refractivity contribution in [2.75, 3.05) is 24.3 Å². The van der Waals surface area contributed by atoms with E-state index in [-0.39, 0.29) is 23.7 Å². The summed E-state index contributed by atoms with van der Waals surface area (Å²) in [6.07, 6.45) is 0.240.